The van der Waals surface area contributed by atoms with Crippen molar-refractivity contribution in [2.75, 3.05) is 13.1 Å². The third-order valence-corrected chi connectivity index (χ3v) is 5.19. The molecule has 1 aromatic carbocycles. The number of rotatable bonds is 4. The first-order valence-corrected chi connectivity index (χ1v) is 9.30. The fourth-order valence-corrected chi connectivity index (χ4v) is 3.83. The highest BCUT2D eigenvalue weighted by Crippen LogP contribution is 2.28. The van der Waals surface area contributed by atoms with Crippen LogP contribution in [0, 0.1) is 6.92 Å². The van der Waals surface area contributed by atoms with E-state index in [0.29, 0.717) is 29.9 Å². The van der Waals surface area contributed by atoms with Crippen molar-refractivity contribution in [2.45, 2.75) is 32.2 Å². The molecule has 0 saturated carbocycles. The molecule has 0 unspecified atom stereocenters. The number of H-pyrrole nitrogens is 1. The number of aromatic nitrogens is 4. The summed E-state index contributed by atoms with van der Waals surface area (Å²) in [4.78, 5) is 15.2. The van der Waals surface area contributed by atoms with E-state index in [1.807, 2.05) is 12.1 Å². The van der Waals surface area contributed by atoms with E-state index >= 15 is 0 Å². The molecular weight excluding hydrogens is 342 g/mol. The molecule has 0 bridgehead atoms. The molecule has 138 valence electrons. The lowest BCUT2D eigenvalue weighted by molar-refractivity contribution is 0.174. The Kier molecular flexibility index (Phi) is 4.01. The second kappa shape index (κ2) is 6.66. The van der Waals surface area contributed by atoms with E-state index in [4.69, 9.17) is 13.9 Å². The molecule has 1 N–H and O–H groups in total. The quantitative estimate of drug-likeness (QED) is 0.592. The van der Waals surface area contributed by atoms with Crippen LogP contribution in [0.5, 0.6) is 0 Å². The first-order valence-electron chi connectivity index (χ1n) is 9.30. The first kappa shape index (κ1) is 16.3. The van der Waals surface area contributed by atoms with Gasteiger partial charge in [0.2, 0.25) is 11.7 Å². The molecule has 0 spiro atoms. The van der Waals surface area contributed by atoms with Crippen molar-refractivity contribution in [3.05, 3.63) is 53.9 Å². The number of para-hydroxylation sites is 1. The maximum atomic E-state index is 5.41. The lowest BCUT2D eigenvalue weighted by Crippen LogP contribution is -2.34. The minimum Gasteiger partial charge on any atom is -0.461 e. The topological polar surface area (TPSA) is 84.0 Å². The normalized spacial score (nSPS) is 18.3. The molecule has 4 aromatic rings. The molecule has 1 aliphatic rings. The van der Waals surface area contributed by atoms with Crippen LogP contribution < -0.4 is 0 Å². The number of nitrogens with zero attached hydrogens (tertiary/aromatic N) is 4. The molecule has 0 radical (unpaired) electrons. The first-order chi connectivity index (χ1) is 13.3. The van der Waals surface area contributed by atoms with E-state index in [1.165, 1.54) is 5.56 Å². The summed E-state index contributed by atoms with van der Waals surface area (Å²) in [6, 6.07) is 9.91. The predicted octanol–water partition coefficient (Wildman–Crippen LogP) is 3.89. The Morgan fingerprint density at radius 2 is 2.19 bits per heavy atom. The van der Waals surface area contributed by atoms with Gasteiger partial charge in [-0.15, -0.1) is 0 Å². The molecule has 0 aliphatic carbocycles. The number of benzene rings is 1. The highest BCUT2D eigenvalue weighted by Gasteiger charge is 2.25. The largest absolute Gasteiger partial charge is 0.461 e. The van der Waals surface area contributed by atoms with Crippen LogP contribution in [0.3, 0.4) is 0 Å². The number of aryl methyl sites for hydroxylation is 1. The van der Waals surface area contributed by atoms with Gasteiger partial charge < -0.3 is 13.9 Å². The summed E-state index contributed by atoms with van der Waals surface area (Å²) < 4.78 is 10.7. The summed E-state index contributed by atoms with van der Waals surface area (Å²) in [6.07, 6.45) is 3.87. The smallest absolute Gasteiger partial charge is 0.241 e. The van der Waals surface area contributed by atoms with Crippen LogP contribution in [0.25, 0.3) is 22.6 Å². The monoisotopic (exact) mass is 363 g/mol. The fourth-order valence-electron chi connectivity index (χ4n) is 3.83. The molecule has 0 amide bonds. The summed E-state index contributed by atoms with van der Waals surface area (Å²) in [7, 11) is 0. The standard InChI is InChI=1S/C20H21N5O2/c1-13-5-2-7-15-18(13)23-19(21-15)14-6-3-9-25(11-14)12-17-22-20(24-27-17)16-8-4-10-26-16/h2,4-5,7-8,10,14H,3,6,9,11-12H2,1H3,(H,21,23)/t14-/m1/s1. The molecule has 4 heterocycles. The van der Waals surface area contributed by atoms with Crippen molar-refractivity contribution in [3.63, 3.8) is 0 Å². The van der Waals surface area contributed by atoms with Gasteiger partial charge >= 0.3 is 0 Å². The van der Waals surface area contributed by atoms with Gasteiger partial charge in [0.25, 0.3) is 0 Å². The summed E-state index contributed by atoms with van der Waals surface area (Å²) in [5, 5.41) is 4.01. The van der Waals surface area contributed by atoms with Gasteiger partial charge in [-0.2, -0.15) is 4.98 Å². The Morgan fingerprint density at radius 3 is 3.04 bits per heavy atom. The Bertz CT molecular complexity index is 1050. The van der Waals surface area contributed by atoms with Crippen molar-refractivity contribution in [3.8, 4) is 11.6 Å². The van der Waals surface area contributed by atoms with Crippen LogP contribution in [-0.4, -0.2) is 38.1 Å². The van der Waals surface area contributed by atoms with Gasteiger partial charge in [-0.1, -0.05) is 17.3 Å². The maximum Gasteiger partial charge on any atom is 0.241 e. The van der Waals surface area contributed by atoms with Gasteiger partial charge in [0.15, 0.2) is 5.76 Å². The van der Waals surface area contributed by atoms with Gasteiger partial charge in [-0.05, 0) is 50.1 Å². The van der Waals surface area contributed by atoms with E-state index in [2.05, 4.69) is 45.1 Å². The zero-order chi connectivity index (χ0) is 18.2. The molecule has 3 aromatic heterocycles. The Hall–Kier alpha value is -2.93. The number of furan rings is 1. The number of piperidine rings is 1. The van der Waals surface area contributed by atoms with Crippen molar-refractivity contribution in [1.29, 1.82) is 0 Å². The third kappa shape index (κ3) is 3.14. The molecule has 1 fully saturated rings. The number of hydrogen-bond acceptors (Lipinski definition) is 6. The molecule has 7 heteroatoms. The summed E-state index contributed by atoms with van der Waals surface area (Å²) >= 11 is 0. The summed E-state index contributed by atoms with van der Waals surface area (Å²) in [5.41, 5.74) is 3.39. The highest BCUT2D eigenvalue weighted by molar-refractivity contribution is 5.78. The van der Waals surface area contributed by atoms with Crippen LogP contribution in [0.2, 0.25) is 0 Å². The number of likely N-dealkylation sites (tertiary alicyclic amines) is 1. The zero-order valence-corrected chi connectivity index (χ0v) is 15.2. The molecule has 27 heavy (non-hydrogen) atoms. The zero-order valence-electron chi connectivity index (χ0n) is 15.2. The fraction of sp³-hybridized carbons (Fsp3) is 0.350. The number of nitrogens with one attached hydrogen (secondary N) is 1. The highest BCUT2D eigenvalue weighted by atomic mass is 16.5. The lowest BCUT2D eigenvalue weighted by Gasteiger charge is -2.30. The predicted molar refractivity (Wildman–Crippen MR) is 100 cm³/mol. The number of aromatic amines is 1. The van der Waals surface area contributed by atoms with Crippen molar-refractivity contribution < 1.29 is 8.94 Å². The molecule has 7 nitrogen and oxygen atoms in total. The van der Waals surface area contributed by atoms with Crippen LogP contribution in [-0.2, 0) is 6.54 Å². The second-order valence-corrected chi connectivity index (χ2v) is 7.16. The van der Waals surface area contributed by atoms with E-state index in [-0.39, 0.29) is 0 Å². The van der Waals surface area contributed by atoms with Gasteiger partial charge in [0, 0.05) is 12.5 Å². The lowest BCUT2D eigenvalue weighted by atomic mass is 9.97. The summed E-state index contributed by atoms with van der Waals surface area (Å²) in [5.74, 6) is 3.20. The van der Waals surface area contributed by atoms with Gasteiger partial charge in [0.05, 0.1) is 23.8 Å². The SMILES string of the molecule is Cc1cccc2[nH]c([C@@H]3CCCN(Cc4nc(-c5ccco5)no4)C3)nc12. The number of hydrogen-bond donors (Lipinski definition) is 1. The molecule has 1 aliphatic heterocycles. The van der Waals surface area contributed by atoms with E-state index < -0.39 is 0 Å². The summed E-state index contributed by atoms with van der Waals surface area (Å²) in [6.45, 7) is 4.70. The minimum atomic E-state index is 0.387. The van der Waals surface area contributed by atoms with Crippen LogP contribution >= 0.6 is 0 Å². The van der Waals surface area contributed by atoms with E-state index in [0.717, 1.165) is 42.8 Å². The van der Waals surface area contributed by atoms with Gasteiger partial charge in [-0.3, -0.25) is 4.90 Å². The van der Waals surface area contributed by atoms with E-state index in [1.54, 1.807) is 6.26 Å². The molecule has 1 saturated heterocycles. The average Bonchev–Trinajstić information content (AvgIpc) is 3.42. The Labute approximate surface area is 156 Å². The number of imidazole rings is 1. The van der Waals surface area contributed by atoms with Crippen LogP contribution in [0.1, 0.15) is 36.0 Å². The van der Waals surface area contributed by atoms with Crippen molar-refractivity contribution in [2.24, 2.45) is 0 Å². The average molecular weight is 363 g/mol. The molecule has 5 rings (SSSR count). The molecule has 1 atom stereocenters. The van der Waals surface area contributed by atoms with Crippen LogP contribution in [0.4, 0.5) is 0 Å². The third-order valence-electron chi connectivity index (χ3n) is 5.19. The van der Waals surface area contributed by atoms with Crippen LogP contribution in [0.15, 0.2) is 45.5 Å². The molecular formula is C20H21N5O2. The number of fused-ring (bicyclic) bond motifs is 1. The van der Waals surface area contributed by atoms with E-state index in [9.17, 15) is 0 Å². The maximum absolute atomic E-state index is 5.41. The van der Waals surface area contributed by atoms with Gasteiger partial charge in [-0.25, -0.2) is 4.98 Å². The minimum absolute atomic E-state index is 0.387. The van der Waals surface area contributed by atoms with Crippen molar-refractivity contribution in [1.82, 2.24) is 25.0 Å². The van der Waals surface area contributed by atoms with Crippen molar-refractivity contribution >= 4 is 11.0 Å². The Balaban J connectivity index is 1.31. The van der Waals surface area contributed by atoms with Gasteiger partial charge in [0.1, 0.15) is 5.82 Å². The second-order valence-electron chi connectivity index (χ2n) is 7.16. The Morgan fingerprint density at radius 1 is 1.22 bits per heavy atom.